The summed E-state index contributed by atoms with van der Waals surface area (Å²) in [7, 11) is 1.82. The molecule has 0 aliphatic heterocycles. The normalized spacial score (nSPS) is 11.4. The van der Waals surface area contributed by atoms with E-state index in [1.54, 1.807) is 6.20 Å². The summed E-state index contributed by atoms with van der Waals surface area (Å²) in [5.74, 6) is 3.42. The van der Waals surface area contributed by atoms with Crippen LogP contribution in [0, 0.1) is 17.8 Å². The van der Waals surface area contributed by atoms with E-state index in [0.717, 1.165) is 16.8 Å². The van der Waals surface area contributed by atoms with Crippen LogP contribution >= 0.6 is 15.9 Å². The lowest BCUT2D eigenvalue weighted by atomic mass is 9.85. The van der Waals surface area contributed by atoms with Crippen molar-refractivity contribution in [3.05, 3.63) is 10.7 Å². The van der Waals surface area contributed by atoms with E-state index in [9.17, 15) is 0 Å². The SMILES string of the molecule is CNc1ncc(Br)c(NCC(C(C)C)C(C)C)n1. The summed E-state index contributed by atoms with van der Waals surface area (Å²) in [6.45, 7) is 9.98. The van der Waals surface area contributed by atoms with Crippen molar-refractivity contribution in [2.24, 2.45) is 17.8 Å². The number of rotatable bonds is 6. The fourth-order valence-corrected chi connectivity index (χ4v) is 2.40. The van der Waals surface area contributed by atoms with Crippen molar-refractivity contribution in [1.82, 2.24) is 9.97 Å². The van der Waals surface area contributed by atoms with Gasteiger partial charge in [-0.15, -0.1) is 0 Å². The van der Waals surface area contributed by atoms with Crippen LogP contribution in [0.3, 0.4) is 0 Å². The molecule has 0 aliphatic carbocycles. The summed E-state index contributed by atoms with van der Waals surface area (Å²) in [5.41, 5.74) is 0. The number of halogens is 1. The van der Waals surface area contributed by atoms with Crippen LogP contribution in [0.15, 0.2) is 10.7 Å². The first-order valence-corrected chi connectivity index (χ1v) is 7.19. The highest BCUT2D eigenvalue weighted by Crippen LogP contribution is 2.24. The van der Waals surface area contributed by atoms with Gasteiger partial charge in [-0.1, -0.05) is 27.7 Å². The molecule has 0 bridgehead atoms. The van der Waals surface area contributed by atoms with Crippen molar-refractivity contribution in [3.63, 3.8) is 0 Å². The van der Waals surface area contributed by atoms with Gasteiger partial charge in [-0.3, -0.25) is 0 Å². The quantitative estimate of drug-likeness (QED) is 0.842. The standard InChI is InChI=1S/C13H23BrN4/c1-8(2)10(9(3)4)6-16-12-11(14)7-17-13(15-5)18-12/h7-10H,6H2,1-5H3,(H2,15,16,17,18). The molecule has 0 aliphatic rings. The van der Waals surface area contributed by atoms with Crippen molar-refractivity contribution in [1.29, 1.82) is 0 Å². The molecule has 0 saturated carbocycles. The number of anilines is 2. The lowest BCUT2D eigenvalue weighted by molar-refractivity contribution is 0.304. The molecular formula is C13H23BrN4. The number of hydrogen-bond donors (Lipinski definition) is 2. The van der Waals surface area contributed by atoms with Gasteiger partial charge in [0.05, 0.1) is 4.47 Å². The third-order valence-electron chi connectivity index (χ3n) is 3.19. The van der Waals surface area contributed by atoms with Gasteiger partial charge in [0.1, 0.15) is 5.82 Å². The van der Waals surface area contributed by atoms with Gasteiger partial charge in [0, 0.05) is 19.8 Å². The fourth-order valence-electron chi connectivity index (χ4n) is 2.07. The zero-order valence-corrected chi connectivity index (χ0v) is 13.4. The molecule has 1 heterocycles. The molecule has 0 unspecified atom stereocenters. The summed E-state index contributed by atoms with van der Waals surface area (Å²) in [6.07, 6.45) is 1.76. The van der Waals surface area contributed by atoms with Gasteiger partial charge < -0.3 is 10.6 Å². The molecule has 0 spiro atoms. The molecule has 1 aromatic heterocycles. The number of aromatic nitrogens is 2. The van der Waals surface area contributed by atoms with Crippen molar-refractivity contribution >= 4 is 27.7 Å². The van der Waals surface area contributed by atoms with Crippen molar-refractivity contribution in [2.45, 2.75) is 27.7 Å². The summed E-state index contributed by atoms with van der Waals surface area (Å²) in [4.78, 5) is 8.55. The number of nitrogens with zero attached hydrogens (tertiary/aromatic N) is 2. The van der Waals surface area contributed by atoms with Gasteiger partial charge in [0.2, 0.25) is 5.95 Å². The maximum atomic E-state index is 4.40. The molecule has 2 N–H and O–H groups in total. The Morgan fingerprint density at radius 2 is 1.83 bits per heavy atom. The Labute approximate surface area is 118 Å². The van der Waals surface area contributed by atoms with Crippen molar-refractivity contribution in [2.75, 3.05) is 24.2 Å². The molecule has 0 fully saturated rings. The summed E-state index contributed by atoms with van der Waals surface area (Å²) in [6, 6.07) is 0. The monoisotopic (exact) mass is 314 g/mol. The number of hydrogen-bond acceptors (Lipinski definition) is 4. The topological polar surface area (TPSA) is 49.8 Å². The van der Waals surface area contributed by atoms with E-state index >= 15 is 0 Å². The van der Waals surface area contributed by atoms with Gasteiger partial charge in [0.15, 0.2) is 0 Å². The highest BCUT2D eigenvalue weighted by atomic mass is 79.9. The average Bonchev–Trinajstić information content (AvgIpc) is 2.30. The predicted molar refractivity (Wildman–Crippen MR) is 80.9 cm³/mol. The van der Waals surface area contributed by atoms with Gasteiger partial charge in [-0.2, -0.15) is 4.98 Å². The first-order valence-electron chi connectivity index (χ1n) is 6.39. The van der Waals surface area contributed by atoms with Crippen LogP contribution < -0.4 is 10.6 Å². The highest BCUT2D eigenvalue weighted by molar-refractivity contribution is 9.10. The van der Waals surface area contributed by atoms with Crippen LogP contribution in [0.2, 0.25) is 0 Å². The van der Waals surface area contributed by atoms with E-state index in [0.29, 0.717) is 23.7 Å². The van der Waals surface area contributed by atoms with E-state index in [2.05, 4.69) is 64.2 Å². The minimum absolute atomic E-state index is 0.630. The molecule has 4 nitrogen and oxygen atoms in total. The second kappa shape index (κ2) is 6.92. The summed E-state index contributed by atoms with van der Waals surface area (Å²) < 4.78 is 0.896. The molecule has 5 heteroatoms. The molecule has 0 amide bonds. The minimum atomic E-state index is 0.630. The molecular weight excluding hydrogens is 292 g/mol. The average molecular weight is 315 g/mol. The van der Waals surface area contributed by atoms with E-state index in [4.69, 9.17) is 0 Å². The second-order valence-electron chi connectivity index (χ2n) is 5.17. The smallest absolute Gasteiger partial charge is 0.224 e. The highest BCUT2D eigenvalue weighted by Gasteiger charge is 2.17. The zero-order valence-electron chi connectivity index (χ0n) is 11.8. The second-order valence-corrected chi connectivity index (χ2v) is 6.03. The predicted octanol–water partition coefficient (Wildman–Crippen LogP) is 3.62. The Morgan fingerprint density at radius 3 is 2.33 bits per heavy atom. The minimum Gasteiger partial charge on any atom is -0.369 e. The fraction of sp³-hybridized carbons (Fsp3) is 0.692. The van der Waals surface area contributed by atoms with Crippen LogP contribution in [0.25, 0.3) is 0 Å². The Kier molecular flexibility index (Phi) is 5.85. The molecule has 102 valence electrons. The summed E-state index contributed by atoms with van der Waals surface area (Å²) in [5, 5.41) is 6.36. The van der Waals surface area contributed by atoms with Gasteiger partial charge >= 0.3 is 0 Å². The zero-order chi connectivity index (χ0) is 13.7. The van der Waals surface area contributed by atoms with Crippen molar-refractivity contribution < 1.29 is 0 Å². The molecule has 0 saturated heterocycles. The molecule has 0 aromatic carbocycles. The lowest BCUT2D eigenvalue weighted by Crippen LogP contribution is -2.25. The van der Waals surface area contributed by atoms with Crippen LogP contribution in [-0.2, 0) is 0 Å². The maximum absolute atomic E-state index is 4.40. The third kappa shape index (κ3) is 4.12. The Hall–Kier alpha value is -0.840. The van der Waals surface area contributed by atoms with E-state index in [1.807, 2.05) is 7.05 Å². The molecule has 1 aromatic rings. The van der Waals surface area contributed by atoms with E-state index < -0.39 is 0 Å². The Morgan fingerprint density at radius 1 is 1.22 bits per heavy atom. The van der Waals surface area contributed by atoms with Gasteiger partial charge in [0.25, 0.3) is 0 Å². The van der Waals surface area contributed by atoms with E-state index in [-0.39, 0.29) is 0 Å². The van der Waals surface area contributed by atoms with Crippen LogP contribution in [-0.4, -0.2) is 23.6 Å². The first kappa shape index (κ1) is 15.2. The molecule has 1 rings (SSSR count). The third-order valence-corrected chi connectivity index (χ3v) is 3.77. The lowest BCUT2D eigenvalue weighted by Gasteiger charge is -2.25. The first-order chi connectivity index (χ1) is 8.45. The largest absolute Gasteiger partial charge is 0.369 e. The van der Waals surface area contributed by atoms with Crippen LogP contribution in [0.4, 0.5) is 11.8 Å². The van der Waals surface area contributed by atoms with Crippen molar-refractivity contribution in [3.8, 4) is 0 Å². The molecule has 0 radical (unpaired) electrons. The van der Waals surface area contributed by atoms with Crippen LogP contribution in [0.1, 0.15) is 27.7 Å². The van der Waals surface area contributed by atoms with Crippen LogP contribution in [0.5, 0.6) is 0 Å². The molecule has 0 atom stereocenters. The maximum Gasteiger partial charge on any atom is 0.224 e. The van der Waals surface area contributed by atoms with Gasteiger partial charge in [-0.05, 0) is 33.7 Å². The summed E-state index contributed by atoms with van der Waals surface area (Å²) >= 11 is 3.47. The molecule has 18 heavy (non-hydrogen) atoms. The Balaban J connectivity index is 2.72. The Bertz CT molecular complexity index is 371. The van der Waals surface area contributed by atoms with Gasteiger partial charge in [-0.25, -0.2) is 4.98 Å². The number of nitrogens with one attached hydrogen (secondary N) is 2. The van der Waals surface area contributed by atoms with E-state index in [1.165, 1.54) is 0 Å².